The van der Waals surface area contributed by atoms with Crippen LogP contribution in [0.25, 0.3) is 10.9 Å². The summed E-state index contributed by atoms with van der Waals surface area (Å²) in [5, 5.41) is 14.3. The minimum absolute atomic E-state index is 0.00907. The van der Waals surface area contributed by atoms with Crippen LogP contribution in [0.4, 0.5) is 0 Å². The van der Waals surface area contributed by atoms with Crippen LogP contribution in [-0.2, 0) is 16.0 Å². The quantitative estimate of drug-likeness (QED) is 0.377. The zero-order valence-electron chi connectivity index (χ0n) is 19.8. The highest BCUT2D eigenvalue weighted by atomic mass is 16.5. The number of benzene rings is 2. The molecule has 0 unspecified atom stereocenters. The van der Waals surface area contributed by atoms with Crippen LogP contribution in [0.5, 0.6) is 11.5 Å². The van der Waals surface area contributed by atoms with Crippen molar-refractivity contribution < 1.29 is 19.4 Å². The minimum atomic E-state index is -1.09. The summed E-state index contributed by atoms with van der Waals surface area (Å²) in [7, 11) is 1.62. The highest BCUT2D eigenvalue weighted by Crippen LogP contribution is 2.47. The van der Waals surface area contributed by atoms with Gasteiger partial charge in [0, 0.05) is 36.1 Å². The van der Waals surface area contributed by atoms with Gasteiger partial charge in [0.1, 0.15) is 17.0 Å². The maximum absolute atomic E-state index is 13.9. The number of aromatic hydroxyl groups is 1. The van der Waals surface area contributed by atoms with Gasteiger partial charge in [0.2, 0.25) is 11.8 Å². The second-order valence-electron chi connectivity index (χ2n) is 9.25. The van der Waals surface area contributed by atoms with Crippen LogP contribution in [0.2, 0.25) is 0 Å². The molecule has 0 radical (unpaired) electrons. The number of nitrogens with zero attached hydrogens (tertiary/aromatic N) is 2. The summed E-state index contributed by atoms with van der Waals surface area (Å²) in [5.74, 6) is 3.09. The Morgan fingerprint density at radius 3 is 2.86 bits per heavy atom. The minimum Gasteiger partial charge on any atom is -0.508 e. The van der Waals surface area contributed by atoms with Crippen molar-refractivity contribution in [3.63, 3.8) is 0 Å². The number of aromatic nitrogens is 1. The molecule has 1 fully saturated rings. The van der Waals surface area contributed by atoms with Gasteiger partial charge in [0.25, 0.3) is 0 Å². The average Bonchev–Trinajstić information content (AvgIpc) is 3.20. The van der Waals surface area contributed by atoms with Crippen LogP contribution in [0.3, 0.4) is 0 Å². The highest BCUT2D eigenvalue weighted by molar-refractivity contribution is 6.00. The number of H-pyrrole nitrogens is 1. The number of ether oxygens (including phenoxy) is 1. The molecule has 1 aromatic heterocycles. The first-order valence-corrected chi connectivity index (χ1v) is 11.6. The molecule has 8 nitrogen and oxygen atoms in total. The van der Waals surface area contributed by atoms with Crippen LogP contribution < -0.4 is 10.1 Å². The number of carbonyl (C=O) groups is 2. The fraction of sp³-hybridized carbons (Fsp3) is 0.333. The zero-order chi connectivity index (χ0) is 24.7. The van der Waals surface area contributed by atoms with E-state index in [9.17, 15) is 14.7 Å². The normalized spacial score (nSPS) is 21.6. The first kappa shape index (κ1) is 22.8. The fourth-order valence-corrected chi connectivity index (χ4v) is 5.46. The second-order valence-corrected chi connectivity index (χ2v) is 9.25. The van der Waals surface area contributed by atoms with E-state index in [0.29, 0.717) is 31.8 Å². The standard InChI is InChI=1S/C27H28N4O4/c1-4-10-28-11-12-30-16-23(33)31-25(17-6-5-7-18(32)13-17)24-21(15-27(31,2)26(30)34)20-14-19(35-3)8-9-22(20)29-24/h1,5-9,13-14,25,28-29,32H,10-12,15-16H2,2-3H3/t25-,27+/m1/s1. The highest BCUT2D eigenvalue weighted by Gasteiger charge is 2.55. The Balaban J connectivity index is 1.65. The molecule has 3 N–H and O–H groups in total. The Morgan fingerprint density at radius 1 is 1.29 bits per heavy atom. The molecule has 180 valence electrons. The molecule has 2 amide bonds. The van der Waals surface area contributed by atoms with Crippen LogP contribution in [0.15, 0.2) is 42.5 Å². The summed E-state index contributed by atoms with van der Waals surface area (Å²) in [4.78, 5) is 34.4. The maximum atomic E-state index is 13.9. The number of carbonyl (C=O) groups excluding carboxylic acids is 2. The largest absolute Gasteiger partial charge is 0.508 e. The number of aromatic amines is 1. The van der Waals surface area contributed by atoms with E-state index < -0.39 is 11.6 Å². The van der Waals surface area contributed by atoms with Crippen LogP contribution in [0.1, 0.15) is 29.8 Å². The second kappa shape index (κ2) is 8.67. The summed E-state index contributed by atoms with van der Waals surface area (Å²) in [6, 6.07) is 12.1. The number of fused-ring (bicyclic) bond motifs is 4. The van der Waals surface area contributed by atoms with E-state index in [2.05, 4.69) is 16.2 Å². The van der Waals surface area contributed by atoms with E-state index in [1.54, 1.807) is 35.1 Å². The van der Waals surface area contributed by atoms with Gasteiger partial charge < -0.3 is 29.9 Å². The fourth-order valence-electron chi connectivity index (χ4n) is 5.46. The summed E-state index contributed by atoms with van der Waals surface area (Å²) >= 11 is 0. The van der Waals surface area contributed by atoms with Crippen LogP contribution in [-0.4, -0.2) is 70.5 Å². The average molecular weight is 473 g/mol. The lowest BCUT2D eigenvalue weighted by Gasteiger charge is -2.53. The van der Waals surface area contributed by atoms with E-state index in [1.165, 1.54) is 0 Å². The number of phenolic OH excluding ortho intramolecular Hbond substituents is 1. The predicted molar refractivity (Wildman–Crippen MR) is 132 cm³/mol. The molecule has 0 bridgehead atoms. The molecule has 0 spiro atoms. The third-order valence-electron chi connectivity index (χ3n) is 7.04. The Hall–Kier alpha value is -3.96. The molecule has 0 aliphatic carbocycles. The Bertz CT molecular complexity index is 1360. The first-order valence-electron chi connectivity index (χ1n) is 11.6. The topological polar surface area (TPSA) is 97.9 Å². The molecule has 2 atom stereocenters. The number of amides is 2. The Kier molecular flexibility index (Phi) is 5.65. The van der Waals surface area contributed by atoms with Gasteiger partial charge in [-0.1, -0.05) is 18.1 Å². The third-order valence-corrected chi connectivity index (χ3v) is 7.04. The Labute approximate surface area is 203 Å². The Morgan fingerprint density at radius 2 is 2.11 bits per heavy atom. The number of rotatable bonds is 6. The van der Waals surface area contributed by atoms with Crippen molar-refractivity contribution in [1.29, 1.82) is 0 Å². The van der Waals surface area contributed by atoms with Crippen molar-refractivity contribution in [1.82, 2.24) is 20.1 Å². The van der Waals surface area contributed by atoms with Crippen molar-refractivity contribution in [2.24, 2.45) is 0 Å². The lowest BCUT2D eigenvalue weighted by atomic mass is 9.78. The van der Waals surface area contributed by atoms with Crippen molar-refractivity contribution in [2.75, 3.05) is 33.3 Å². The molecule has 35 heavy (non-hydrogen) atoms. The maximum Gasteiger partial charge on any atom is 0.249 e. The van der Waals surface area contributed by atoms with E-state index in [-0.39, 0.29) is 24.1 Å². The van der Waals surface area contributed by atoms with Crippen LogP contribution >= 0.6 is 0 Å². The van der Waals surface area contributed by atoms with Gasteiger partial charge in [-0.2, -0.15) is 0 Å². The van der Waals surface area contributed by atoms with Gasteiger partial charge >= 0.3 is 0 Å². The van der Waals surface area contributed by atoms with Gasteiger partial charge in [-0.25, -0.2) is 0 Å². The number of nitrogens with one attached hydrogen (secondary N) is 2. The van der Waals surface area contributed by atoms with Gasteiger partial charge in [0.15, 0.2) is 0 Å². The predicted octanol–water partition coefficient (Wildman–Crippen LogP) is 2.18. The molecule has 1 saturated heterocycles. The van der Waals surface area contributed by atoms with Crippen molar-refractivity contribution in [3.05, 3.63) is 59.3 Å². The molecule has 3 heterocycles. The molecule has 0 saturated carbocycles. The summed E-state index contributed by atoms with van der Waals surface area (Å²) in [6.45, 7) is 3.13. The number of terminal acetylenes is 1. The zero-order valence-corrected chi connectivity index (χ0v) is 19.8. The lowest BCUT2D eigenvalue weighted by molar-refractivity contribution is -0.167. The number of piperazine rings is 1. The van der Waals surface area contributed by atoms with E-state index in [1.807, 2.05) is 31.2 Å². The third kappa shape index (κ3) is 3.69. The van der Waals surface area contributed by atoms with Crippen molar-refractivity contribution >= 4 is 22.7 Å². The van der Waals surface area contributed by atoms with E-state index >= 15 is 0 Å². The van der Waals surface area contributed by atoms with E-state index in [0.717, 1.165) is 27.7 Å². The van der Waals surface area contributed by atoms with Crippen molar-refractivity contribution in [3.8, 4) is 23.8 Å². The number of hydrogen-bond acceptors (Lipinski definition) is 5. The number of hydrogen-bond donors (Lipinski definition) is 3. The molecule has 2 aliphatic rings. The van der Waals surface area contributed by atoms with Gasteiger partial charge in [-0.05, 0) is 48.4 Å². The van der Waals surface area contributed by atoms with Crippen molar-refractivity contribution in [2.45, 2.75) is 24.9 Å². The van der Waals surface area contributed by atoms with Gasteiger partial charge in [-0.15, -0.1) is 6.42 Å². The number of methoxy groups -OCH3 is 1. The summed E-state index contributed by atoms with van der Waals surface area (Å²) in [6.07, 6.45) is 5.67. The van der Waals surface area contributed by atoms with E-state index in [4.69, 9.17) is 11.2 Å². The SMILES string of the molecule is C#CCNCCN1CC(=O)N2[C@H](c3cccc(O)c3)c3[nH]c4ccc(OC)cc4c3C[C@@]2(C)C1=O. The van der Waals surface area contributed by atoms with Gasteiger partial charge in [0.05, 0.1) is 26.2 Å². The molecule has 8 heteroatoms. The molecule has 3 aromatic rings. The monoisotopic (exact) mass is 472 g/mol. The number of phenols is 1. The first-order chi connectivity index (χ1) is 16.9. The molecule has 5 rings (SSSR count). The van der Waals surface area contributed by atoms with Crippen LogP contribution in [0, 0.1) is 12.3 Å². The lowest BCUT2D eigenvalue weighted by Crippen LogP contribution is -2.70. The summed E-state index contributed by atoms with van der Waals surface area (Å²) in [5.41, 5.74) is 2.37. The molecule has 2 aliphatic heterocycles. The molecular weight excluding hydrogens is 444 g/mol. The smallest absolute Gasteiger partial charge is 0.249 e. The summed E-state index contributed by atoms with van der Waals surface area (Å²) < 4.78 is 5.45. The molecule has 2 aromatic carbocycles. The van der Waals surface area contributed by atoms with Gasteiger partial charge in [-0.3, -0.25) is 9.59 Å². The molecular formula is C27H28N4O4.